The van der Waals surface area contributed by atoms with Crippen LogP contribution >= 0.6 is 11.8 Å². The molecule has 1 saturated carbocycles. The molecule has 2 saturated heterocycles. The maximum atomic E-state index is 16.0. The van der Waals surface area contributed by atoms with Gasteiger partial charge in [-0.15, -0.1) is 27.1 Å². The van der Waals surface area contributed by atoms with Crippen molar-refractivity contribution in [1.29, 1.82) is 0 Å². The largest absolute Gasteiger partial charge is 0.507 e. The van der Waals surface area contributed by atoms with Crippen molar-refractivity contribution in [1.82, 2.24) is 30.7 Å². The van der Waals surface area contributed by atoms with Crippen molar-refractivity contribution >= 4 is 17.7 Å². The fourth-order valence-corrected chi connectivity index (χ4v) is 6.60. The summed E-state index contributed by atoms with van der Waals surface area (Å²) in [6.07, 6.45) is 9.90. The maximum Gasteiger partial charge on any atom is 0.245 e. The third-order valence-electron chi connectivity index (χ3n) is 8.14. The Morgan fingerprint density at radius 3 is 2.62 bits per heavy atom. The number of rotatable bonds is 6. The van der Waals surface area contributed by atoms with Gasteiger partial charge in [-0.05, 0) is 82.4 Å². The van der Waals surface area contributed by atoms with Gasteiger partial charge in [0.05, 0.1) is 18.4 Å². The molecule has 8 nitrogen and oxygen atoms in total. The van der Waals surface area contributed by atoms with Crippen LogP contribution in [0.2, 0.25) is 0 Å². The lowest BCUT2D eigenvalue weighted by molar-refractivity contribution is 0.0000874. The lowest BCUT2D eigenvalue weighted by Crippen LogP contribution is -2.73. The highest BCUT2D eigenvalue weighted by molar-refractivity contribution is 7.98. The van der Waals surface area contributed by atoms with Gasteiger partial charge in [-0.1, -0.05) is 6.07 Å². The first-order valence-corrected chi connectivity index (χ1v) is 14.1. The van der Waals surface area contributed by atoms with Gasteiger partial charge in [0.1, 0.15) is 22.6 Å². The first-order valence-electron chi connectivity index (χ1n) is 12.9. The number of aromatic hydroxyl groups is 1. The molecule has 1 aliphatic carbocycles. The van der Waals surface area contributed by atoms with E-state index in [1.165, 1.54) is 11.8 Å². The second-order valence-electron chi connectivity index (χ2n) is 11.1. The van der Waals surface area contributed by atoms with Gasteiger partial charge in [-0.2, -0.15) is 5.10 Å². The Kier molecular flexibility index (Phi) is 6.06. The molecule has 37 heavy (non-hydrogen) atoms. The van der Waals surface area contributed by atoms with Gasteiger partial charge in [0, 0.05) is 28.2 Å². The molecule has 0 spiro atoms. The van der Waals surface area contributed by atoms with Crippen molar-refractivity contribution in [3.63, 3.8) is 0 Å². The number of fused-ring (bicyclic) bond motifs is 2. The molecule has 0 unspecified atom stereocenters. The first kappa shape index (κ1) is 24.5. The molecule has 2 N–H and O–H groups in total. The van der Waals surface area contributed by atoms with Gasteiger partial charge in [-0.25, -0.2) is 9.37 Å². The lowest BCUT2D eigenvalue weighted by Gasteiger charge is -2.57. The number of phenols is 1. The van der Waals surface area contributed by atoms with Gasteiger partial charge < -0.3 is 15.3 Å². The minimum atomic E-state index is -1.02. The van der Waals surface area contributed by atoms with Crippen LogP contribution in [0.5, 0.6) is 5.75 Å². The predicted molar refractivity (Wildman–Crippen MR) is 142 cm³/mol. The number of phenolic OH excluding ortho intramolecular Hbond substituents is 1. The number of halogens is 1. The third kappa shape index (κ3) is 4.54. The fraction of sp³-hybridized carbons (Fsp3) is 0.519. The van der Waals surface area contributed by atoms with Gasteiger partial charge >= 0.3 is 0 Å². The summed E-state index contributed by atoms with van der Waals surface area (Å²) >= 11 is 1.51. The highest BCUT2D eigenvalue weighted by Crippen LogP contribution is 2.46. The van der Waals surface area contributed by atoms with Crippen molar-refractivity contribution in [2.45, 2.75) is 86.7 Å². The Hall–Kier alpha value is -2.85. The predicted octanol–water partition coefficient (Wildman–Crippen LogP) is 4.79. The van der Waals surface area contributed by atoms with Crippen LogP contribution in [0.1, 0.15) is 52.4 Å². The van der Waals surface area contributed by atoms with Gasteiger partial charge in [0.25, 0.3) is 0 Å². The average molecular weight is 522 g/mol. The zero-order valence-corrected chi connectivity index (χ0v) is 22.2. The molecular weight excluding hydrogens is 489 g/mol. The SMILES string of the molecule is CSc1cc(-c2ccc(-c3cnc(N(C4CC4)[C@@H]4C[C@@]5(C)CCC[C@](C)(N5)[C@@H]4F)nn3)c(O)c2)cnn1. The zero-order chi connectivity index (χ0) is 25.8. The number of benzene rings is 1. The van der Waals surface area contributed by atoms with Crippen molar-refractivity contribution < 1.29 is 9.50 Å². The first-order chi connectivity index (χ1) is 17.8. The number of nitrogens with zero attached hydrogens (tertiary/aromatic N) is 6. The smallest absolute Gasteiger partial charge is 0.245 e. The minimum absolute atomic E-state index is 0.0822. The lowest BCUT2D eigenvalue weighted by atomic mass is 9.68. The Morgan fingerprint density at radius 1 is 1.08 bits per heavy atom. The number of anilines is 1. The molecule has 2 bridgehead atoms. The molecule has 0 radical (unpaired) electrons. The topological polar surface area (TPSA) is 100.0 Å². The highest BCUT2D eigenvalue weighted by Gasteiger charge is 2.56. The molecule has 10 heteroatoms. The molecule has 3 aromatic rings. The van der Waals surface area contributed by atoms with Crippen LogP contribution in [0.4, 0.5) is 10.3 Å². The van der Waals surface area contributed by atoms with Crippen LogP contribution in [0.15, 0.2) is 41.7 Å². The molecule has 4 atom stereocenters. The summed E-state index contributed by atoms with van der Waals surface area (Å²) in [5.74, 6) is 0.549. The Labute approximate surface area is 220 Å². The second kappa shape index (κ2) is 9.16. The molecular formula is C27H32FN7OS. The maximum absolute atomic E-state index is 16.0. The van der Waals surface area contributed by atoms with Crippen molar-refractivity contribution in [2.75, 3.05) is 11.2 Å². The highest BCUT2D eigenvalue weighted by atomic mass is 32.2. The van der Waals surface area contributed by atoms with Crippen molar-refractivity contribution in [2.24, 2.45) is 0 Å². The number of thioether (sulfide) groups is 1. The summed E-state index contributed by atoms with van der Waals surface area (Å²) in [7, 11) is 0. The van der Waals surface area contributed by atoms with Gasteiger partial charge in [-0.3, -0.25) is 0 Å². The number of piperidine rings is 2. The van der Waals surface area contributed by atoms with Gasteiger partial charge in [0.2, 0.25) is 5.95 Å². The molecule has 194 valence electrons. The van der Waals surface area contributed by atoms with Crippen LogP contribution in [-0.2, 0) is 0 Å². The molecule has 2 aliphatic heterocycles. The minimum Gasteiger partial charge on any atom is -0.507 e. The van der Waals surface area contributed by atoms with E-state index in [4.69, 9.17) is 0 Å². The number of hydrogen-bond donors (Lipinski definition) is 2. The van der Waals surface area contributed by atoms with Crippen LogP contribution in [0, 0.1) is 0 Å². The number of nitrogens with one attached hydrogen (secondary N) is 1. The van der Waals surface area contributed by atoms with Crippen LogP contribution in [0.25, 0.3) is 22.4 Å². The summed E-state index contributed by atoms with van der Waals surface area (Å²) in [5.41, 5.74) is 2.09. The third-order valence-corrected chi connectivity index (χ3v) is 8.76. The monoisotopic (exact) mass is 521 g/mol. The quantitative estimate of drug-likeness (QED) is 0.443. The average Bonchev–Trinajstić information content (AvgIpc) is 3.73. The zero-order valence-electron chi connectivity index (χ0n) is 21.4. The van der Waals surface area contributed by atoms with E-state index in [1.807, 2.05) is 25.3 Å². The molecule has 3 fully saturated rings. The molecule has 1 aromatic carbocycles. The van der Waals surface area contributed by atoms with E-state index in [1.54, 1.807) is 24.5 Å². The Balaban J connectivity index is 1.27. The molecule has 2 aromatic heterocycles. The standard InChI is InChI=1S/C27H32FN7OS/c1-26-9-4-10-27(2,34-26)24(28)21(13-26)35(18-6-7-18)25-29-15-20(31-33-25)19-8-5-16(11-22(19)36)17-12-23(37-3)32-30-14-17/h5,8,11-12,14-15,18,21,24,34,36H,4,6-7,9-10,13H2,1-3H3/t21-,24-,26-,27+/m1/s1. The summed E-state index contributed by atoms with van der Waals surface area (Å²) in [6, 6.07) is 7.29. The Morgan fingerprint density at radius 2 is 1.92 bits per heavy atom. The van der Waals surface area contributed by atoms with Crippen LogP contribution < -0.4 is 10.2 Å². The van der Waals surface area contributed by atoms with Crippen molar-refractivity contribution in [3.05, 3.63) is 36.7 Å². The number of aromatic nitrogens is 5. The van der Waals surface area contributed by atoms with Crippen LogP contribution in [0.3, 0.4) is 0 Å². The van der Waals surface area contributed by atoms with E-state index in [2.05, 4.69) is 42.5 Å². The van der Waals surface area contributed by atoms with Gasteiger partial charge in [0.15, 0.2) is 0 Å². The van der Waals surface area contributed by atoms with E-state index in [-0.39, 0.29) is 23.4 Å². The van der Waals surface area contributed by atoms with E-state index in [0.717, 1.165) is 54.7 Å². The summed E-state index contributed by atoms with van der Waals surface area (Å²) in [4.78, 5) is 6.73. The second-order valence-corrected chi connectivity index (χ2v) is 12.0. The van der Waals surface area contributed by atoms with E-state index < -0.39 is 11.7 Å². The Bertz CT molecular complexity index is 1310. The van der Waals surface area contributed by atoms with E-state index >= 15 is 4.39 Å². The molecule has 4 heterocycles. The fourth-order valence-electron chi connectivity index (χ4n) is 6.23. The van der Waals surface area contributed by atoms with Crippen LogP contribution in [-0.4, -0.2) is 66.1 Å². The number of alkyl halides is 1. The molecule has 6 rings (SSSR count). The summed E-state index contributed by atoms with van der Waals surface area (Å²) in [5, 5.41) is 32.2. The molecule has 0 amide bonds. The molecule has 3 aliphatic rings. The summed E-state index contributed by atoms with van der Waals surface area (Å²) in [6.45, 7) is 4.23. The van der Waals surface area contributed by atoms with E-state index in [9.17, 15) is 5.11 Å². The summed E-state index contributed by atoms with van der Waals surface area (Å²) < 4.78 is 16.0. The normalized spacial score (nSPS) is 29.2. The van der Waals surface area contributed by atoms with Crippen molar-refractivity contribution in [3.8, 4) is 28.1 Å². The number of hydrogen-bond acceptors (Lipinski definition) is 9. The van der Waals surface area contributed by atoms with E-state index in [0.29, 0.717) is 17.2 Å².